The van der Waals surface area contributed by atoms with Crippen LogP contribution in [0.3, 0.4) is 0 Å². The van der Waals surface area contributed by atoms with E-state index in [2.05, 4.69) is 26.2 Å². The van der Waals surface area contributed by atoms with Gasteiger partial charge in [-0.05, 0) is 34.3 Å². The van der Waals surface area contributed by atoms with Gasteiger partial charge in [-0.15, -0.1) is 23.1 Å². The molecule has 6 nitrogen and oxygen atoms in total. The Morgan fingerprint density at radius 3 is 2.71 bits per heavy atom. The second kappa shape index (κ2) is 6.44. The highest BCUT2D eigenvalue weighted by Crippen LogP contribution is 2.27. The molecule has 0 saturated heterocycles. The van der Waals surface area contributed by atoms with E-state index in [4.69, 9.17) is 5.14 Å². The Balaban J connectivity index is 2.22. The number of aromatic nitrogens is 1. The normalized spacial score (nSPS) is 11.4. The number of amides is 1. The molecule has 0 bridgehead atoms. The maximum atomic E-state index is 12.0. The van der Waals surface area contributed by atoms with Gasteiger partial charge in [0.15, 0.2) is 0 Å². The second-order valence-electron chi connectivity index (χ2n) is 3.86. The maximum Gasteiger partial charge on any atom is 0.274 e. The van der Waals surface area contributed by atoms with E-state index < -0.39 is 15.9 Å². The zero-order valence-electron chi connectivity index (χ0n) is 10.7. The number of rotatable bonds is 4. The van der Waals surface area contributed by atoms with Gasteiger partial charge >= 0.3 is 0 Å². The first-order chi connectivity index (χ1) is 9.81. The third-order valence-corrected chi connectivity index (χ3v) is 6.28. The molecule has 1 amide bonds. The Morgan fingerprint density at radius 2 is 2.19 bits per heavy atom. The van der Waals surface area contributed by atoms with Crippen molar-refractivity contribution in [2.75, 3.05) is 11.6 Å². The first kappa shape index (κ1) is 16.4. The second-order valence-corrected chi connectivity index (χ2v) is 8.26. The van der Waals surface area contributed by atoms with Crippen molar-refractivity contribution in [2.24, 2.45) is 5.14 Å². The van der Waals surface area contributed by atoms with Crippen LogP contribution in [0.1, 0.15) is 10.5 Å². The Morgan fingerprint density at radius 1 is 1.48 bits per heavy atom. The number of carbonyl (C=O) groups excluding carboxylic acids is 1. The highest BCUT2D eigenvalue weighted by molar-refractivity contribution is 9.10. The van der Waals surface area contributed by atoms with Crippen molar-refractivity contribution in [3.05, 3.63) is 33.9 Å². The molecule has 2 rings (SSSR count). The largest absolute Gasteiger partial charge is 0.320 e. The quantitative estimate of drug-likeness (QED) is 0.757. The number of anilines is 1. The molecule has 0 aliphatic heterocycles. The number of primary sulfonamides is 1. The van der Waals surface area contributed by atoms with Crippen LogP contribution < -0.4 is 10.5 Å². The molecule has 2 aromatic rings. The van der Waals surface area contributed by atoms with Crippen LogP contribution in [0, 0.1) is 0 Å². The van der Waals surface area contributed by atoms with Gasteiger partial charge in [-0.25, -0.2) is 18.5 Å². The molecule has 0 spiro atoms. The Labute approximate surface area is 138 Å². The van der Waals surface area contributed by atoms with Crippen molar-refractivity contribution in [1.82, 2.24) is 4.98 Å². The summed E-state index contributed by atoms with van der Waals surface area (Å²) in [5.41, 5.74) is 0.758. The molecule has 0 aromatic carbocycles. The highest BCUT2D eigenvalue weighted by atomic mass is 79.9. The SMILES string of the molecule is CSc1cc(NC(=O)c2cc(Br)c(S(N)(=O)=O)cn2)cs1. The van der Waals surface area contributed by atoms with Gasteiger partial charge in [0.1, 0.15) is 10.6 Å². The van der Waals surface area contributed by atoms with Gasteiger partial charge in [-0.3, -0.25) is 4.79 Å². The average Bonchev–Trinajstić information content (AvgIpc) is 2.84. The molecular formula is C11H10BrN3O3S3. The summed E-state index contributed by atoms with van der Waals surface area (Å²) in [6.07, 6.45) is 3.00. The van der Waals surface area contributed by atoms with Gasteiger partial charge in [0.2, 0.25) is 10.0 Å². The van der Waals surface area contributed by atoms with Crippen LogP contribution >= 0.6 is 39.0 Å². The van der Waals surface area contributed by atoms with Crippen molar-refractivity contribution in [3.8, 4) is 0 Å². The number of hydrogen-bond donors (Lipinski definition) is 2. The van der Waals surface area contributed by atoms with Crippen LogP contribution in [0.25, 0.3) is 0 Å². The molecule has 10 heteroatoms. The molecule has 112 valence electrons. The number of hydrogen-bond acceptors (Lipinski definition) is 6. The Hall–Kier alpha value is -0.940. The number of nitrogens with two attached hydrogens (primary N) is 1. The van der Waals surface area contributed by atoms with Gasteiger partial charge in [0.05, 0.1) is 9.90 Å². The summed E-state index contributed by atoms with van der Waals surface area (Å²) in [6, 6.07) is 3.16. The molecular weight excluding hydrogens is 398 g/mol. The minimum atomic E-state index is -3.88. The first-order valence-corrected chi connectivity index (χ1v) is 9.88. The van der Waals surface area contributed by atoms with E-state index >= 15 is 0 Å². The number of halogens is 1. The van der Waals surface area contributed by atoms with E-state index in [0.717, 1.165) is 10.4 Å². The van der Waals surface area contributed by atoms with E-state index in [1.807, 2.05) is 17.7 Å². The molecule has 3 N–H and O–H groups in total. The van der Waals surface area contributed by atoms with E-state index in [0.29, 0.717) is 5.69 Å². The third kappa shape index (κ3) is 4.04. The minimum Gasteiger partial charge on any atom is -0.320 e. The highest BCUT2D eigenvalue weighted by Gasteiger charge is 2.17. The van der Waals surface area contributed by atoms with E-state index in [-0.39, 0.29) is 15.1 Å². The Bertz CT molecular complexity index is 789. The number of carbonyl (C=O) groups is 1. The predicted octanol–water partition coefficient (Wildman–Crippen LogP) is 2.53. The molecule has 2 heterocycles. The number of thiophene rings is 1. The van der Waals surface area contributed by atoms with Crippen molar-refractivity contribution in [3.63, 3.8) is 0 Å². The molecule has 21 heavy (non-hydrogen) atoms. The van der Waals surface area contributed by atoms with Crippen LogP contribution in [0.4, 0.5) is 5.69 Å². The molecule has 0 aliphatic carbocycles. The van der Waals surface area contributed by atoms with Gasteiger partial charge in [0, 0.05) is 16.0 Å². The lowest BCUT2D eigenvalue weighted by Gasteiger charge is -2.05. The molecule has 0 unspecified atom stereocenters. The monoisotopic (exact) mass is 407 g/mol. The third-order valence-electron chi connectivity index (χ3n) is 2.39. The summed E-state index contributed by atoms with van der Waals surface area (Å²) in [5.74, 6) is -0.429. The van der Waals surface area contributed by atoms with E-state index in [9.17, 15) is 13.2 Å². The fourth-order valence-electron chi connectivity index (χ4n) is 1.44. The first-order valence-electron chi connectivity index (χ1n) is 5.43. The van der Waals surface area contributed by atoms with Crippen molar-refractivity contribution >= 4 is 60.6 Å². The summed E-state index contributed by atoms with van der Waals surface area (Å²) < 4.78 is 23.8. The number of nitrogens with one attached hydrogen (secondary N) is 1. The Kier molecular flexibility index (Phi) is 5.04. The van der Waals surface area contributed by atoms with Gasteiger partial charge in [0.25, 0.3) is 5.91 Å². The maximum absolute atomic E-state index is 12.0. The summed E-state index contributed by atoms with van der Waals surface area (Å²) in [5, 5.41) is 9.54. The minimum absolute atomic E-state index is 0.0891. The van der Waals surface area contributed by atoms with Crippen LogP contribution in [0.5, 0.6) is 0 Å². The molecule has 0 atom stereocenters. The molecule has 0 radical (unpaired) electrons. The van der Waals surface area contributed by atoms with Gasteiger partial charge in [-0.1, -0.05) is 0 Å². The molecule has 2 aromatic heterocycles. The lowest BCUT2D eigenvalue weighted by atomic mass is 10.3. The van der Waals surface area contributed by atoms with Gasteiger partial charge in [-0.2, -0.15) is 0 Å². The summed E-state index contributed by atoms with van der Waals surface area (Å²) in [6.45, 7) is 0. The fraction of sp³-hybridized carbons (Fsp3) is 0.0909. The summed E-state index contributed by atoms with van der Waals surface area (Å²) in [4.78, 5) is 15.7. The predicted molar refractivity (Wildman–Crippen MR) is 87.4 cm³/mol. The number of nitrogens with zero attached hydrogens (tertiary/aromatic N) is 1. The smallest absolute Gasteiger partial charge is 0.274 e. The topological polar surface area (TPSA) is 102 Å². The van der Waals surface area contributed by atoms with Crippen LogP contribution in [0.15, 0.2) is 37.3 Å². The van der Waals surface area contributed by atoms with Crippen molar-refractivity contribution in [2.45, 2.75) is 9.10 Å². The lowest BCUT2D eigenvalue weighted by Crippen LogP contribution is -2.16. The van der Waals surface area contributed by atoms with Crippen LogP contribution in [-0.4, -0.2) is 25.6 Å². The zero-order chi connectivity index (χ0) is 15.6. The van der Waals surface area contributed by atoms with Gasteiger partial charge < -0.3 is 5.32 Å². The molecule has 0 aliphatic rings. The standard InChI is InChI=1S/C11H10BrN3O3S3/c1-19-10-2-6(5-20-10)15-11(16)8-3-7(12)9(4-14-8)21(13,17)18/h2-5H,1H3,(H,15,16)(H2,13,17,18). The van der Waals surface area contributed by atoms with E-state index in [1.165, 1.54) is 17.4 Å². The fourth-order valence-corrected chi connectivity index (χ4v) is 4.30. The molecule has 0 fully saturated rings. The lowest BCUT2D eigenvalue weighted by molar-refractivity contribution is 0.102. The van der Waals surface area contributed by atoms with Crippen molar-refractivity contribution in [1.29, 1.82) is 0 Å². The van der Waals surface area contributed by atoms with Crippen LogP contribution in [0.2, 0.25) is 0 Å². The zero-order valence-corrected chi connectivity index (χ0v) is 14.7. The summed E-state index contributed by atoms with van der Waals surface area (Å²) >= 11 is 6.17. The van der Waals surface area contributed by atoms with Crippen LogP contribution in [-0.2, 0) is 10.0 Å². The molecule has 0 saturated carbocycles. The number of pyridine rings is 1. The number of sulfonamides is 1. The van der Waals surface area contributed by atoms with Crippen molar-refractivity contribution < 1.29 is 13.2 Å². The number of thioether (sulfide) groups is 1. The average molecular weight is 408 g/mol. The van der Waals surface area contributed by atoms with E-state index in [1.54, 1.807) is 11.8 Å². The summed E-state index contributed by atoms with van der Waals surface area (Å²) in [7, 11) is -3.88.